The third-order valence-electron chi connectivity index (χ3n) is 2.87. The minimum absolute atomic E-state index is 0.00141. The number of para-hydroxylation sites is 1. The largest absolute Gasteiger partial charge is 0.325 e. The van der Waals surface area contributed by atoms with Crippen LogP contribution in [0.3, 0.4) is 0 Å². The van der Waals surface area contributed by atoms with Crippen LogP contribution in [-0.4, -0.2) is 5.91 Å². The number of anilines is 1. The van der Waals surface area contributed by atoms with Gasteiger partial charge in [0.25, 0.3) is 0 Å². The molecule has 2 rings (SSSR count). The van der Waals surface area contributed by atoms with E-state index in [1.165, 1.54) is 0 Å². The van der Waals surface area contributed by atoms with Gasteiger partial charge in [-0.1, -0.05) is 24.3 Å². The monoisotopic (exact) mass is 376 g/mol. The van der Waals surface area contributed by atoms with Crippen LogP contribution in [0.15, 0.2) is 48.5 Å². The number of amides is 1. The first-order chi connectivity index (χ1) is 9.69. The van der Waals surface area contributed by atoms with Crippen LogP contribution in [-0.2, 0) is 11.2 Å². The number of nitrogens with one attached hydrogen (secondary N) is 1. The van der Waals surface area contributed by atoms with E-state index in [9.17, 15) is 4.79 Å². The maximum Gasteiger partial charge on any atom is 0.224 e. The van der Waals surface area contributed by atoms with Crippen molar-refractivity contribution < 1.29 is 4.79 Å². The summed E-state index contributed by atoms with van der Waals surface area (Å²) in [6.07, 6.45) is 1.10. The third kappa shape index (κ3) is 4.07. The van der Waals surface area contributed by atoms with Gasteiger partial charge in [-0.3, -0.25) is 4.79 Å². The fourth-order valence-electron chi connectivity index (χ4n) is 1.78. The molecule has 0 fully saturated rings. The number of nitrogens with zero attached hydrogens (tertiary/aromatic N) is 1. The standard InChI is InChI=1S/C16H13IN2O/c17-14-3-1-2-4-15(14)19-16(20)10-9-12-5-7-13(11-18)8-6-12/h1-8H,9-10H2,(H,19,20). The first-order valence-electron chi connectivity index (χ1n) is 6.22. The van der Waals surface area contributed by atoms with Crippen molar-refractivity contribution in [3.8, 4) is 6.07 Å². The van der Waals surface area contributed by atoms with Crippen molar-refractivity contribution >= 4 is 34.2 Å². The highest BCUT2D eigenvalue weighted by Crippen LogP contribution is 2.17. The lowest BCUT2D eigenvalue weighted by Crippen LogP contribution is -2.13. The molecule has 0 unspecified atom stereocenters. The lowest BCUT2D eigenvalue weighted by molar-refractivity contribution is -0.116. The molecular formula is C16H13IN2O. The van der Waals surface area contributed by atoms with Crippen molar-refractivity contribution in [2.45, 2.75) is 12.8 Å². The maximum atomic E-state index is 11.9. The molecule has 20 heavy (non-hydrogen) atoms. The van der Waals surface area contributed by atoms with Crippen molar-refractivity contribution in [3.63, 3.8) is 0 Å². The molecule has 1 N–H and O–H groups in total. The molecule has 0 saturated carbocycles. The molecule has 1 amide bonds. The molecular weight excluding hydrogens is 363 g/mol. The summed E-state index contributed by atoms with van der Waals surface area (Å²) in [6.45, 7) is 0. The zero-order chi connectivity index (χ0) is 14.4. The molecule has 4 heteroatoms. The van der Waals surface area contributed by atoms with Crippen LogP contribution in [0.1, 0.15) is 17.5 Å². The summed E-state index contributed by atoms with van der Waals surface area (Å²) >= 11 is 2.20. The second-order valence-corrected chi connectivity index (χ2v) is 5.50. The Morgan fingerprint density at radius 2 is 1.85 bits per heavy atom. The molecule has 100 valence electrons. The van der Waals surface area contributed by atoms with Crippen LogP contribution in [0.25, 0.3) is 0 Å². The van der Waals surface area contributed by atoms with Gasteiger partial charge in [0.2, 0.25) is 5.91 Å². The first-order valence-corrected chi connectivity index (χ1v) is 7.30. The van der Waals surface area contributed by atoms with E-state index in [2.05, 4.69) is 34.0 Å². The molecule has 0 radical (unpaired) electrons. The summed E-state index contributed by atoms with van der Waals surface area (Å²) in [7, 11) is 0. The Morgan fingerprint density at radius 3 is 2.50 bits per heavy atom. The Balaban J connectivity index is 1.89. The summed E-state index contributed by atoms with van der Waals surface area (Å²) < 4.78 is 1.02. The molecule has 0 saturated heterocycles. The fraction of sp³-hybridized carbons (Fsp3) is 0.125. The van der Waals surface area contributed by atoms with Gasteiger partial charge in [0.1, 0.15) is 0 Å². The van der Waals surface area contributed by atoms with E-state index >= 15 is 0 Å². The van der Waals surface area contributed by atoms with E-state index in [1.807, 2.05) is 36.4 Å². The second kappa shape index (κ2) is 7.06. The molecule has 0 aliphatic rings. The number of benzene rings is 2. The highest BCUT2D eigenvalue weighted by atomic mass is 127. The molecule has 0 atom stereocenters. The Bertz CT molecular complexity index is 644. The van der Waals surface area contributed by atoms with Crippen molar-refractivity contribution in [3.05, 3.63) is 63.2 Å². The van der Waals surface area contributed by atoms with Crippen LogP contribution < -0.4 is 5.32 Å². The van der Waals surface area contributed by atoms with Crippen molar-refractivity contribution in [2.24, 2.45) is 0 Å². The lowest BCUT2D eigenvalue weighted by atomic mass is 10.1. The van der Waals surface area contributed by atoms with Gasteiger partial charge in [-0.2, -0.15) is 5.26 Å². The number of hydrogen-bond acceptors (Lipinski definition) is 2. The highest BCUT2D eigenvalue weighted by Gasteiger charge is 2.05. The van der Waals surface area contributed by atoms with Crippen molar-refractivity contribution in [1.29, 1.82) is 5.26 Å². The Morgan fingerprint density at radius 1 is 1.15 bits per heavy atom. The van der Waals surface area contributed by atoms with Gasteiger partial charge < -0.3 is 5.32 Å². The zero-order valence-corrected chi connectivity index (χ0v) is 12.9. The van der Waals surface area contributed by atoms with Gasteiger partial charge in [0, 0.05) is 9.99 Å². The molecule has 3 nitrogen and oxygen atoms in total. The number of carbonyl (C=O) groups excluding carboxylic acids is 1. The molecule has 0 aliphatic carbocycles. The van der Waals surface area contributed by atoms with Gasteiger partial charge in [0.15, 0.2) is 0 Å². The van der Waals surface area contributed by atoms with Crippen LogP contribution >= 0.6 is 22.6 Å². The van der Waals surface area contributed by atoms with E-state index in [0.29, 0.717) is 18.4 Å². The average molecular weight is 376 g/mol. The average Bonchev–Trinajstić information content (AvgIpc) is 2.48. The fourth-order valence-corrected chi connectivity index (χ4v) is 2.30. The number of carbonyl (C=O) groups is 1. The molecule has 2 aromatic rings. The predicted octanol–water partition coefficient (Wildman–Crippen LogP) is 3.73. The van der Waals surface area contributed by atoms with Crippen molar-refractivity contribution in [1.82, 2.24) is 0 Å². The quantitative estimate of drug-likeness (QED) is 0.827. The minimum atomic E-state index is -0.00141. The van der Waals surface area contributed by atoms with Gasteiger partial charge in [0.05, 0.1) is 17.3 Å². The SMILES string of the molecule is N#Cc1ccc(CCC(=O)Nc2ccccc2I)cc1. The number of halogens is 1. The predicted molar refractivity (Wildman–Crippen MR) is 87.3 cm³/mol. The van der Waals surface area contributed by atoms with Gasteiger partial charge in [-0.05, 0) is 58.8 Å². The number of hydrogen-bond donors (Lipinski definition) is 1. The Hall–Kier alpha value is -1.87. The van der Waals surface area contributed by atoms with Gasteiger partial charge >= 0.3 is 0 Å². The van der Waals surface area contributed by atoms with E-state index in [1.54, 1.807) is 12.1 Å². The van der Waals surface area contributed by atoms with Gasteiger partial charge in [-0.25, -0.2) is 0 Å². The van der Waals surface area contributed by atoms with E-state index in [-0.39, 0.29) is 5.91 Å². The maximum absolute atomic E-state index is 11.9. The van der Waals surface area contributed by atoms with Crippen molar-refractivity contribution in [2.75, 3.05) is 5.32 Å². The number of rotatable bonds is 4. The van der Waals surface area contributed by atoms with E-state index in [4.69, 9.17) is 5.26 Å². The molecule has 2 aromatic carbocycles. The summed E-state index contributed by atoms with van der Waals surface area (Å²) in [5.41, 5.74) is 2.54. The second-order valence-electron chi connectivity index (χ2n) is 4.34. The summed E-state index contributed by atoms with van der Waals surface area (Å²) in [5.74, 6) is -0.00141. The molecule has 0 heterocycles. The summed E-state index contributed by atoms with van der Waals surface area (Å²) in [6, 6.07) is 17.1. The topological polar surface area (TPSA) is 52.9 Å². The first kappa shape index (κ1) is 14.5. The zero-order valence-electron chi connectivity index (χ0n) is 10.8. The number of nitriles is 1. The van der Waals surface area contributed by atoms with Crippen LogP contribution in [0.2, 0.25) is 0 Å². The summed E-state index contributed by atoms with van der Waals surface area (Å²) in [5, 5.41) is 11.6. The Labute approximate surface area is 131 Å². The molecule has 0 aromatic heterocycles. The van der Waals surface area contributed by atoms with Crippen LogP contribution in [0.4, 0.5) is 5.69 Å². The summed E-state index contributed by atoms with van der Waals surface area (Å²) in [4.78, 5) is 11.9. The molecule has 0 bridgehead atoms. The van der Waals surface area contributed by atoms with Crippen LogP contribution in [0, 0.1) is 14.9 Å². The minimum Gasteiger partial charge on any atom is -0.325 e. The lowest BCUT2D eigenvalue weighted by Gasteiger charge is -2.07. The van der Waals surface area contributed by atoms with Crippen LogP contribution in [0.5, 0.6) is 0 Å². The van der Waals surface area contributed by atoms with E-state index < -0.39 is 0 Å². The smallest absolute Gasteiger partial charge is 0.224 e. The molecule has 0 spiro atoms. The van der Waals surface area contributed by atoms with Gasteiger partial charge in [-0.15, -0.1) is 0 Å². The highest BCUT2D eigenvalue weighted by molar-refractivity contribution is 14.1. The normalized spacial score (nSPS) is 9.80. The van der Waals surface area contributed by atoms with E-state index in [0.717, 1.165) is 14.8 Å². The number of aryl methyl sites for hydroxylation is 1. The Kier molecular flexibility index (Phi) is 5.13. The third-order valence-corrected chi connectivity index (χ3v) is 3.81. The molecule has 0 aliphatic heterocycles.